The van der Waals surface area contributed by atoms with Crippen LogP contribution in [-0.2, 0) is 26.2 Å². The number of methoxy groups -OCH3 is 3. The van der Waals surface area contributed by atoms with Gasteiger partial charge in [0, 0.05) is 24.0 Å². The number of allylic oxidation sites excluding steroid dienone is 2. The van der Waals surface area contributed by atoms with E-state index < -0.39 is 5.97 Å². The van der Waals surface area contributed by atoms with E-state index in [0.29, 0.717) is 24.7 Å². The summed E-state index contributed by atoms with van der Waals surface area (Å²) >= 11 is 0. The molecule has 0 radical (unpaired) electrons. The fourth-order valence-corrected chi connectivity index (χ4v) is 6.69. The summed E-state index contributed by atoms with van der Waals surface area (Å²) in [7, 11) is 5.04. The molecule has 1 aliphatic carbocycles. The fourth-order valence-electron chi connectivity index (χ4n) is 6.69. The van der Waals surface area contributed by atoms with Crippen LogP contribution in [0.5, 0.6) is 17.2 Å². The number of Topliss-reactive ketones (excluding diaryl/α,β-unsaturated/α-hetero) is 1. The summed E-state index contributed by atoms with van der Waals surface area (Å²) in [6.45, 7) is 13.0. The molecule has 0 unspecified atom stereocenters. The van der Waals surface area contributed by atoms with Crippen molar-refractivity contribution in [3.05, 3.63) is 64.7 Å². The smallest absolute Gasteiger partial charge is 0.313 e. The van der Waals surface area contributed by atoms with Crippen LogP contribution in [0.25, 0.3) is 0 Å². The van der Waals surface area contributed by atoms with Crippen molar-refractivity contribution in [2.45, 2.75) is 110 Å². The molecule has 6 nitrogen and oxygen atoms in total. The monoisotopic (exact) mass is 606 g/mol. The van der Waals surface area contributed by atoms with Gasteiger partial charge in [0.2, 0.25) is 0 Å². The SMILES string of the molecule is COc1ccc(C(C)(C)[C@@H]2CC[C@@H](C)C[C@@H]2OC(=O)CC(=O)CC/C(C)=C/CCc2cccc(C(C)C)c2OC)c(OC)c1. The average molecular weight is 607 g/mol. The molecule has 1 fully saturated rings. The first kappa shape index (κ1) is 35.2. The van der Waals surface area contributed by atoms with Crippen molar-refractivity contribution in [3.8, 4) is 17.2 Å². The highest BCUT2D eigenvalue weighted by Crippen LogP contribution is 2.47. The Morgan fingerprint density at radius 2 is 1.75 bits per heavy atom. The molecule has 0 heterocycles. The van der Waals surface area contributed by atoms with E-state index in [1.165, 1.54) is 11.1 Å². The molecule has 0 aliphatic heterocycles. The summed E-state index contributed by atoms with van der Waals surface area (Å²) in [5, 5.41) is 0. The maximum absolute atomic E-state index is 13.0. The second-order valence-corrected chi connectivity index (χ2v) is 13.3. The summed E-state index contributed by atoms with van der Waals surface area (Å²) < 4.78 is 22.9. The van der Waals surface area contributed by atoms with Crippen LogP contribution >= 0.6 is 0 Å². The van der Waals surface area contributed by atoms with Crippen LogP contribution in [0.1, 0.15) is 109 Å². The topological polar surface area (TPSA) is 71.1 Å². The second kappa shape index (κ2) is 16.2. The standard InChI is InChI=1S/C38H54O6/c1-25(2)31-15-11-14-28(37(31)43-9)13-10-12-26(3)16-18-29(39)23-36(40)44-35-22-27(4)17-20-33(35)38(5,6)32-21-19-30(41-7)24-34(32)42-8/h11-12,14-15,19,21,24-25,27,33,35H,10,13,16-18,20,22-23H2,1-9H3/b26-12+/t27-,33-,35+/m1/s1. The van der Waals surface area contributed by atoms with Crippen LogP contribution in [0, 0.1) is 11.8 Å². The lowest BCUT2D eigenvalue weighted by molar-refractivity contribution is -0.157. The number of ether oxygens (including phenoxy) is 4. The average Bonchev–Trinajstić information content (AvgIpc) is 2.99. The van der Waals surface area contributed by atoms with Gasteiger partial charge in [-0.1, -0.05) is 77.0 Å². The third kappa shape index (κ3) is 9.12. The largest absolute Gasteiger partial charge is 0.497 e. The van der Waals surface area contributed by atoms with Crippen molar-refractivity contribution in [2.75, 3.05) is 21.3 Å². The van der Waals surface area contributed by atoms with Crippen molar-refractivity contribution >= 4 is 11.8 Å². The van der Waals surface area contributed by atoms with E-state index >= 15 is 0 Å². The van der Waals surface area contributed by atoms with Gasteiger partial charge in [0.15, 0.2) is 0 Å². The van der Waals surface area contributed by atoms with E-state index in [0.717, 1.165) is 60.5 Å². The van der Waals surface area contributed by atoms with Gasteiger partial charge in [-0.3, -0.25) is 9.59 Å². The Kier molecular flexibility index (Phi) is 12.9. The Hall–Kier alpha value is -3.28. The van der Waals surface area contributed by atoms with Gasteiger partial charge in [-0.05, 0) is 73.5 Å². The number of ketones is 1. The molecular weight excluding hydrogens is 552 g/mol. The number of aryl methyl sites for hydroxylation is 1. The molecule has 44 heavy (non-hydrogen) atoms. The van der Waals surface area contributed by atoms with Crippen LogP contribution in [0.15, 0.2) is 48.0 Å². The number of para-hydroxylation sites is 1. The first-order valence-corrected chi connectivity index (χ1v) is 16.2. The summed E-state index contributed by atoms with van der Waals surface area (Å²) in [5.41, 5.74) is 4.33. The Balaban J connectivity index is 1.56. The molecule has 3 rings (SSSR count). The first-order valence-electron chi connectivity index (χ1n) is 16.2. The summed E-state index contributed by atoms with van der Waals surface area (Å²) in [4.78, 5) is 25.9. The molecule has 1 aliphatic rings. The number of hydrogen-bond acceptors (Lipinski definition) is 6. The molecular formula is C38H54O6. The maximum atomic E-state index is 13.0. The predicted octanol–water partition coefficient (Wildman–Crippen LogP) is 8.78. The number of carbonyl (C=O) groups excluding carboxylic acids is 2. The van der Waals surface area contributed by atoms with Crippen molar-refractivity contribution in [1.82, 2.24) is 0 Å². The van der Waals surface area contributed by atoms with Gasteiger partial charge >= 0.3 is 5.97 Å². The van der Waals surface area contributed by atoms with E-state index in [4.69, 9.17) is 18.9 Å². The third-order valence-electron chi connectivity index (χ3n) is 9.37. The molecule has 0 saturated heterocycles. The maximum Gasteiger partial charge on any atom is 0.313 e. The van der Waals surface area contributed by atoms with Gasteiger partial charge < -0.3 is 18.9 Å². The number of esters is 1. The molecule has 1 saturated carbocycles. The minimum atomic E-state index is -0.421. The van der Waals surface area contributed by atoms with E-state index in [2.05, 4.69) is 65.8 Å². The van der Waals surface area contributed by atoms with Gasteiger partial charge in [0.25, 0.3) is 0 Å². The van der Waals surface area contributed by atoms with Gasteiger partial charge in [0.05, 0.1) is 21.3 Å². The number of benzene rings is 2. The van der Waals surface area contributed by atoms with Gasteiger partial charge in [-0.25, -0.2) is 0 Å². The van der Waals surface area contributed by atoms with Crippen LogP contribution < -0.4 is 14.2 Å². The lowest BCUT2D eigenvalue weighted by atomic mass is 9.64. The lowest BCUT2D eigenvalue weighted by Crippen LogP contribution is -2.43. The van der Waals surface area contributed by atoms with Crippen molar-refractivity contribution < 1.29 is 28.5 Å². The molecule has 0 bridgehead atoms. The molecule has 6 heteroatoms. The van der Waals surface area contributed by atoms with Crippen molar-refractivity contribution in [3.63, 3.8) is 0 Å². The molecule has 0 amide bonds. The van der Waals surface area contributed by atoms with Crippen molar-refractivity contribution in [2.24, 2.45) is 11.8 Å². The zero-order valence-electron chi connectivity index (χ0n) is 28.5. The molecule has 2 aromatic carbocycles. The summed E-state index contributed by atoms with van der Waals surface area (Å²) in [5.74, 6) is 2.93. The third-order valence-corrected chi connectivity index (χ3v) is 9.37. The number of carbonyl (C=O) groups is 2. The summed E-state index contributed by atoms with van der Waals surface area (Å²) in [6.07, 6.45) is 7.27. The van der Waals surface area contributed by atoms with Crippen LogP contribution in [0.4, 0.5) is 0 Å². The highest BCUT2D eigenvalue weighted by molar-refractivity contribution is 5.95. The Morgan fingerprint density at radius 1 is 1.00 bits per heavy atom. The lowest BCUT2D eigenvalue weighted by Gasteiger charge is -2.44. The summed E-state index contributed by atoms with van der Waals surface area (Å²) in [6, 6.07) is 12.2. The highest BCUT2D eigenvalue weighted by atomic mass is 16.5. The van der Waals surface area contributed by atoms with E-state index in [1.807, 2.05) is 18.2 Å². The first-order chi connectivity index (χ1) is 20.9. The van der Waals surface area contributed by atoms with Crippen LogP contribution in [0.3, 0.4) is 0 Å². The minimum Gasteiger partial charge on any atom is -0.497 e. The Morgan fingerprint density at radius 3 is 2.41 bits per heavy atom. The molecule has 0 spiro atoms. The Bertz CT molecular complexity index is 1290. The van der Waals surface area contributed by atoms with Gasteiger partial charge in [0.1, 0.15) is 35.6 Å². The predicted molar refractivity (Wildman–Crippen MR) is 177 cm³/mol. The van der Waals surface area contributed by atoms with E-state index in [9.17, 15) is 9.59 Å². The minimum absolute atomic E-state index is 0.0782. The van der Waals surface area contributed by atoms with Gasteiger partial charge in [-0.15, -0.1) is 0 Å². The van der Waals surface area contributed by atoms with E-state index in [1.54, 1.807) is 21.3 Å². The van der Waals surface area contributed by atoms with Gasteiger partial charge in [-0.2, -0.15) is 0 Å². The zero-order valence-corrected chi connectivity index (χ0v) is 28.5. The molecule has 3 atom stereocenters. The van der Waals surface area contributed by atoms with Crippen molar-refractivity contribution in [1.29, 1.82) is 0 Å². The molecule has 2 aromatic rings. The van der Waals surface area contributed by atoms with E-state index in [-0.39, 0.29) is 29.6 Å². The molecule has 0 aromatic heterocycles. The highest BCUT2D eigenvalue weighted by Gasteiger charge is 2.43. The normalized spacial score (nSPS) is 19.0. The zero-order chi connectivity index (χ0) is 32.4. The molecule has 242 valence electrons. The van der Waals surface area contributed by atoms with Crippen LogP contribution in [-0.4, -0.2) is 39.2 Å². The quantitative estimate of drug-likeness (QED) is 0.115. The Labute approximate surface area is 265 Å². The number of rotatable bonds is 15. The fraction of sp³-hybridized carbons (Fsp3) is 0.579. The molecule has 0 N–H and O–H groups in total. The second-order valence-electron chi connectivity index (χ2n) is 13.3. The number of hydrogen-bond donors (Lipinski definition) is 0. The van der Waals surface area contributed by atoms with Crippen LogP contribution in [0.2, 0.25) is 0 Å².